The molecule has 0 spiro atoms. The summed E-state index contributed by atoms with van der Waals surface area (Å²) in [6.45, 7) is 4.93. The van der Waals surface area contributed by atoms with E-state index in [2.05, 4.69) is 10.2 Å². The van der Waals surface area contributed by atoms with Crippen LogP contribution in [-0.4, -0.2) is 52.7 Å². The molecule has 0 saturated heterocycles. The number of nitrogens with zero attached hydrogens (tertiary/aromatic N) is 3. The van der Waals surface area contributed by atoms with Gasteiger partial charge in [0, 0.05) is 30.9 Å². The molecule has 2 rings (SSSR count). The van der Waals surface area contributed by atoms with Crippen LogP contribution < -0.4 is 0 Å². The molecule has 3 atom stereocenters. The number of alkyl halides is 3. The molecule has 1 aromatic rings. The third kappa shape index (κ3) is 6.30. The Balaban J connectivity index is 2.10. The second-order valence-electron chi connectivity index (χ2n) is 7.89. The summed E-state index contributed by atoms with van der Waals surface area (Å²) in [5.41, 5.74) is -0.959. The summed E-state index contributed by atoms with van der Waals surface area (Å²) in [7, 11) is 0. The number of hydrogen-bond acceptors (Lipinski definition) is 4. The molecule has 1 aliphatic rings. The fraction of sp³-hybridized carbons (Fsp3) is 0.571. The Labute approximate surface area is 181 Å². The average molecular weight is 465 g/mol. The van der Waals surface area contributed by atoms with Crippen molar-refractivity contribution in [3.05, 3.63) is 35.1 Å². The first-order valence-electron chi connectivity index (χ1n) is 10.2. The van der Waals surface area contributed by atoms with E-state index in [-0.39, 0.29) is 18.7 Å². The van der Waals surface area contributed by atoms with Crippen molar-refractivity contribution in [1.82, 2.24) is 4.90 Å². The zero-order chi connectivity index (χ0) is 24.2. The Morgan fingerprint density at radius 1 is 1.09 bits per heavy atom. The summed E-state index contributed by atoms with van der Waals surface area (Å²) in [6, 6.07) is 0.986. The Bertz CT molecular complexity index is 900. The lowest BCUT2D eigenvalue weighted by molar-refractivity contribution is -0.132. The molecule has 1 N–H and O–H groups in total. The van der Waals surface area contributed by atoms with E-state index in [1.165, 1.54) is 11.8 Å². The molecule has 0 fully saturated rings. The standard InChI is InChI=1S/C21H25F6N3O2/c1-4-5-30(10-18-11(2)12(3)20(29-28-18)21(25,26)27)19(32)8-14(31)6-13-7-16(23)17(24)9-15(13)22/h7,9,11-12,14,31H,4-6,8,10H2,1-3H3/t11-,12?,14?/m1/s1. The van der Waals surface area contributed by atoms with Crippen LogP contribution in [0.4, 0.5) is 26.3 Å². The maximum absolute atomic E-state index is 13.8. The molecule has 5 nitrogen and oxygen atoms in total. The van der Waals surface area contributed by atoms with Gasteiger partial charge in [0.1, 0.15) is 11.5 Å². The van der Waals surface area contributed by atoms with Gasteiger partial charge in [-0.2, -0.15) is 23.4 Å². The summed E-state index contributed by atoms with van der Waals surface area (Å²) in [4.78, 5) is 14.0. The molecule has 1 aliphatic heterocycles. The van der Waals surface area contributed by atoms with Crippen molar-refractivity contribution in [2.24, 2.45) is 22.0 Å². The maximum Gasteiger partial charge on any atom is 0.431 e. The van der Waals surface area contributed by atoms with Gasteiger partial charge in [-0.15, -0.1) is 0 Å². The smallest absolute Gasteiger partial charge is 0.392 e. The number of amides is 1. The number of carbonyl (C=O) groups is 1. The number of aliphatic hydroxyl groups excluding tert-OH is 1. The lowest BCUT2D eigenvalue weighted by Gasteiger charge is -2.31. The third-order valence-corrected chi connectivity index (χ3v) is 5.44. The quantitative estimate of drug-likeness (QED) is 0.460. The maximum atomic E-state index is 13.8. The van der Waals surface area contributed by atoms with Gasteiger partial charge >= 0.3 is 6.18 Å². The van der Waals surface area contributed by atoms with E-state index in [1.807, 2.05) is 0 Å². The highest BCUT2D eigenvalue weighted by Gasteiger charge is 2.44. The first-order valence-corrected chi connectivity index (χ1v) is 10.2. The second-order valence-corrected chi connectivity index (χ2v) is 7.89. The van der Waals surface area contributed by atoms with Gasteiger partial charge in [-0.3, -0.25) is 4.79 Å². The first kappa shape index (κ1) is 25.8. The van der Waals surface area contributed by atoms with Gasteiger partial charge in [-0.1, -0.05) is 20.8 Å². The van der Waals surface area contributed by atoms with Crippen LogP contribution >= 0.6 is 0 Å². The summed E-state index contributed by atoms with van der Waals surface area (Å²) in [6.07, 6.45) is -6.29. The molecule has 1 heterocycles. The molecule has 1 amide bonds. The van der Waals surface area contributed by atoms with Crippen LogP contribution in [0.1, 0.15) is 39.2 Å². The second kappa shape index (κ2) is 10.5. The Morgan fingerprint density at radius 2 is 1.72 bits per heavy atom. The average Bonchev–Trinajstić information content (AvgIpc) is 2.68. The van der Waals surface area contributed by atoms with E-state index in [9.17, 15) is 36.2 Å². The van der Waals surface area contributed by atoms with Crippen LogP contribution in [0, 0.1) is 29.3 Å². The highest BCUT2D eigenvalue weighted by atomic mass is 19.4. The minimum Gasteiger partial charge on any atom is -0.392 e. The third-order valence-electron chi connectivity index (χ3n) is 5.44. The van der Waals surface area contributed by atoms with E-state index in [4.69, 9.17) is 0 Å². The number of rotatable bonds is 8. The highest BCUT2D eigenvalue weighted by molar-refractivity contribution is 6.01. The molecular weight excluding hydrogens is 440 g/mol. The van der Waals surface area contributed by atoms with E-state index >= 15 is 0 Å². The summed E-state index contributed by atoms with van der Waals surface area (Å²) in [5, 5.41) is 17.2. The van der Waals surface area contributed by atoms with Gasteiger partial charge in [-0.25, -0.2) is 13.2 Å². The molecule has 0 bridgehead atoms. The molecule has 32 heavy (non-hydrogen) atoms. The topological polar surface area (TPSA) is 65.3 Å². The Morgan fingerprint density at radius 3 is 2.31 bits per heavy atom. The SMILES string of the molecule is CCCN(CC1=NN=C(C(F)(F)F)C(C)[C@H]1C)C(=O)CC(O)Cc1cc(F)c(F)cc1F. The molecule has 0 saturated carbocycles. The van der Waals surface area contributed by atoms with Crippen molar-refractivity contribution in [2.75, 3.05) is 13.1 Å². The van der Waals surface area contributed by atoms with Gasteiger partial charge in [0.25, 0.3) is 0 Å². The molecule has 178 valence electrons. The van der Waals surface area contributed by atoms with Crippen molar-refractivity contribution >= 4 is 17.3 Å². The van der Waals surface area contributed by atoms with Crippen LogP contribution in [-0.2, 0) is 11.2 Å². The highest BCUT2D eigenvalue weighted by Crippen LogP contribution is 2.30. The number of aliphatic hydroxyl groups is 1. The minimum absolute atomic E-state index is 0.0704. The normalized spacial score (nSPS) is 19.9. The van der Waals surface area contributed by atoms with Crippen molar-refractivity contribution in [3.8, 4) is 0 Å². The zero-order valence-electron chi connectivity index (χ0n) is 17.9. The summed E-state index contributed by atoms with van der Waals surface area (Å²) >= 11 is 0. The predicted octanol–water partition coefficient (Wildman–Crippen LogP) is 4.28. The number of carbonyl (C=O) groups excluding carboxylic acids is 1. The van der Waals surface area contributed by atoms with Crippen molar-refractivity contribution in [2.45, 2.75) is 52.3 Å². The lowest BCUT2D eigenvalue weighted by Crippen LogP contribution is -2.44. The van der Waals surface area contributed by atoms with E-state index < -0.39 is 66.0 Å². The predicted molar refractivity (Wildman–Crippen MR) is 107 cm³/mol. The van der Waals surface area contributed by atoms with Crippen molar-refractivity contribution in [1.29, 1.82) is 0 Å². The minimum atomic E-state index is -4.60. The van der Waals surface area contributed by atoms with Crippen LogP contribution in [0.5, 0.6) is 0 Å². The zero-order valence-corrected chi connectivity index (χ0v) is 17.9. The van der Waals surface area contributed by atoms with Crippen LogP contribution in [0.3, 0.4) is 0 Å². The molecule has 0 aromatic heterocycles. The number of benzene rings is 1. The molecule has 2 unspecified atom stereocenters. The fourth-order valence-electron chi connectivity index (χ4n) is 3.45. The van der Waals surface area contributed by atoms with Crippen LogP contribution in [0.15, 0.2) is 22.3 Å². The molecule has 11 heteroatoms. The van der Waals surface area contributed by atoms with E-state index in [1.54, 1.807) is 13.8 Å². The first-order chi connectivity index (χ1) is 14.8. The van der Waals surface area contributed by atoms with Crippen LogP contribution in [0.25, 0.3) is 0 Å². The molecular formula is C21H25F6N3O2. The Kier molecular flexibility index (Phi) is 8.44. The largest absolute Gasteiger partial charge is 0.431 e. The Hall–Kier alpha value is -2.43. The van der Waals surface area contributed by atoms with Crippen molar-refractivity contribution < 1.29 is 36.2 Å². The van der Waals surface area contributed by atoms with Gasteiger partial charge < -0.3 is 10.0 Å². The van der Waals surface area contributed by atoms with Crippen LogP contribution in [0.2, 0.25) is 0 Å². The van der Waals surface area contributed by atoms with E-state index in [0.717, 1.165) is 0 Å². The molecule has 1 aromatic carbocycles. The van der Waals surface area contributed by atoms with Crippen molar-refractivity contribution in [3.63, 3.8) is 0 Å². The fourth-order valence-corrected chi connectivity index (χ4v) is 3.45. The monoisotopic (exact) mass is 465 g/mol. The summed E-state index contributed by atoms with van der Waals surface area (Å²) < 4.78 is 79.3. The number of halogens is 6. The number of hydrogen-bond donors (Lipinski definition) is 1. The molecule has 0 radical (unpaired) electrons. The molecule has 0 aliphatic carbocycles. The van der Waals surface area contributed by atoms with Gasteiger partial charge in [0.15, 0.2) is 11.6 Å². The van der Waals surface area contributed by atoms with E-state index in [0.29, 0.717) is 24.3 Å². The van der Waals surface area contributed by atoms with Gasteiger partial charge in [0.2, 0.25) is 5.91 Å². The lowest BCUT2D eigenvalue weighted by atomic mass is 9.86. The summed E-state index contributed by atoms with van der Waals surface area (Å²) in [5.74, 6) is -5.77. The van der Waals surface area contributed by atoms with Gasteiger partial charge in [0.05, 0.1) is 24.8 Å². The van der Waals surface area contributed by atoms with Gasteiger partial charge in [-0.05, 0) is 18.1 Å².